The molecule has 0 spiro atoms. The Morgan fingerprint density at radius 3 is 3.07 bits per heavy atom. The van der Waals surface area contributed by atoms with Crippen LogP contribution in [-0.2, 0) is 0 Å². The van der Waals surface area contributed by atoms with Crippen LogP contribution in [0.1, 0.15) is 18.9 Å². The molecule has 1 rings (SSSR count). The Balaban J connectivity index is 2.74. The van der Waals surface area contributed by atoms with Crippen LogP contribution in [0, 0.1) is 6.92 Å². The largest absolute Gasteiger partial charge is 0.367 e. The number of anilines is 1. The molecule has 1 aromatic rings. The van der Waals surface area contributed by atoms with Gasteiger partial charge in [0.2, 0.25) is 5.28 Å². The van der Waals surface area contributed by atoms with E-state index in [4.69, 9.17) is 11.6 Å². The molecule has 0 aliphatic carbocycles. The average Bonchev–Trinajstić information content (AvgIpc) is 2.12. The summed E-state index contributed by atoms with van der Waals surface area (Å²) in [5.41, 5.74) is 0.991. The van der Waals surface area contributed by atoms with Gasteiger partial charge in [-0.25, -0.2) is 9.97 Å². The summed E-state index contributed by atoms with van der Waals surface area (Å²) in [6.07, 6.45) is 4.47. The fraction of sp³-hybridized carbons (Fsp3) is 0.400. The summed E-state index contributed by atoms with van der Waals surface area (Å²) in [7, 11) is 0. The molecule has 76 valence electrons. The average molecular weight is 212 g/mol. The van der Waals surface area contributed by atoms with E-state index in [0.29, 0.717) is 6.04 Å². The zero-order valence-corrected chi connectivity index (χ0v) is 9.17. The first-order valence-corrected chi connectivity index (χ1v) is 4.88. The van der Waals surface area contributed by atoms with Crippen LogP contribution in [0.4, 0.5) is 5.82 Å². The fourth-order valence-corrected chi connectivity index (χ4v) is 1.24. The number of nitrogens with one attached hydrogen (secondary N) is 1. The molecule has 0 fully saturated rings. The molecule has 4 heteroatoms. The van der Waals surface area contributed by atoms with Crippen LogP contribution in [0.2, 0.25) is 5.28 Å². The zero-order chi connectivity index (χ0) is 10.6. The van der Waals surface area contributed by atoms with Crippen molar-refractivity contribution in [1.29, 1.82) is 0 Å². The number of aromatic nitrogens is 2. The van der Waals surface area contributed by atoms with Crippen molar-refractivity contribution in [3.8, 4) is 0 Å². The molecule has 1 aromatic heterocycles. The number of halogens is 1. The van der Waals surface area contributed by atoms with E-state index in [-0.39, 0.29) is 5.28 Å². The second-order valence-corrected chi connectivity index (χ2v) is 3.58. The van der Waals surface area contributed by atoms with Crippen LogP contribution in [0.3, 0.4) is 0 Å². The van der Waals surface area contributed by atoms with Gasteiger partial charge in [0.1, 0.15) is 5.82 Å². The Labute approximate surface area is 89.2 Å². The fourth-order valence-electron chi connectivity index (χ4n) is 1.11. The summed E-state index contributed by atoms with van der Waals surface area (Å²) in [6.45, 7) is 7.69. The van der Waals surface area contributed by atoms with E-state index in [1.807, 2.05) is 13.0 Å². The first-order valence-electron chi connectivity index (χ1n) is 4.50. The predicted octanol–water partition coefficient (Wildman–Crippen LogP) is 2.81. The lowest BCUT2D eigenvalue weighted by Crippen LogP contribution is -2.16. The van der Waals surface area contributed by atoms with Crippen molar-refractivity contribution in [1.82, 2.24) is 9.97 Å². The number of hydrogen-bond acceptors (Lipinski definition) is 3. The van der Waals surface area contributed by atoms with Crippen molar-refractivity contribution < 1.29 is 0 Å². The highest BCUT2D eigenvalue weighted by Gasteiger charge is 2.05. The van der Waals surface area contributed by atoms with E-state index in [0.717, 1.165) is 17.8 Å². The van der Waals surface area contributed by atoms with Crippen LogP contribution in [-0.4, -0.2) is 16.0 Å². The van der Waals surface area contributed by atoms with E-state index in [9.17, 15) is 0 Å². The van der Waals surface area contributed by atoms with Crippen LogP contribution < -0.4 is 5.32 Å². The van der Waals surface area contributed by atoms with Crippen LogP contribution in [0.25, 0.3) is 0 Å². The van der Waals surface area contributed by atoms with Crippen LogP contribution >= 0.6 is 11.6 Å². The maximum absolute atomic E-state index is 5.69. The minimum absolute atomic E-state index is 0.268. The first-order chi connectivity index (χ1) is 6.63. The quantitative estimate of drug-likeness (QED) is 0.615. The summed E-state index contributed by atoms with van der Waals surface area (Å²) in [6, 6.07) is 0.303. The van der Waals surface area contributed by atoms with Gasteiger partial charge in [-0.3, -0.25) is 0 Å². The number of hydrogen-bond donors (Lipinski definition) is 1. The van der Waals surface area contributed by atoms with E-state index in [1.54, 1.807) is 6.20 Å². The first kappa shape index (κ1) is 11.0. The molecule has 1 heterocycles. The molecule has 1 unspecified atom stereocenters. The molecule has 0 saturated carbocycles. The predicted molar refractivity (Wildman–Crippen MR) is 59.7 cm³/mol. The number of rotatable bonds is 4. The molecule has 14 heavy (non-hydrogen) atoms. The second-order valence-electron chi connectivity index (χ2n) is 3.24. The summed E-state index contributed by atoms with van der Waals surface area (Å²) >= 11 is 5.69. The minimum atomic E-state index is 0.268. The Morgan fingerprint density at radius 1 is 1.71 bits per heavy atom. The lowest BCUT2D eigenvalue weighted by atomic mass is 10.2. The highest BCUT2D eigenvalue weighted by atomic mass is 35.5. The van der Waals surface area contributed by atoms with E-state index in [1.165, 1.54) is 0 Å². The van der Waals surface area contributed by atoms with Gasteiger partial charge in [-0.1, -0.05) is 6.08 Å². The maximum atomic E-state index is 5.69. The molecule has 0 amide bonds. The minimum Gasteiger partial charge on any atom is -0.367 e. The Hall–Kier alpha value is -1.09. The maximum Gasteiger partial charge on any atom is 0.224 e. The van der Waals surface area contributed by atoms with Crippen molar-refractivity contribution in [3.63, 3.8) is 0 Å². The van der Waals surface area contributed by atoms with Crippen molar-refractivity contribution in [2.24, 2.45) is 0 Å². The second kappa shape index (κ2) is 4.96. The van der Waals surface area contributed by atoms with Crippen molar-refractivity contribution in [3.05, 3.63) is 29.7 Å². The van der Waals surface area contributed by atoms with Crippen molar-refractivity contribution >= 4 is 17.4 Å². The van der Waals surface area contributed by atoms with Gasteiger partial charge < -0.3 is 5.32 Å². The van der Waals surface area contributed by atoms with Gasteiger partial charge in [0.15, 0.2) is 0 Å². The number of nitrogens with zero attached hydrogens (tertiary/aromatic N) is 2. The summed E-state index contributed by atoms with van der Waals surface area (Å²) in [4.78, 5) is 7.99. The molecule has 0 aliphatic heterocycles. The van der Waals surface area contributed by atoms with Gasteiger partial charge in [-0.05, 0) is 31.9 Å². The van der Waals surface area contributed by atoms with Gasteiger partial charge in [0.05, 0.1) is 0 Å². The third-order valence-corrected chi connectivity index (χ3v) is 2.03. The zero-order valence-electron chi connectivity index (χ0n) is 8.42. The smallest absolute Gasteiger partial charge is 0.224 e. The normalized spacial score (nSPS) is 12.2. The number of aryl methyl sites for hydroxylation is 1. The van der Waals surface area contributed by atoms with Gasteiger partial charge >= 0.3 is 0 Å². The highest BCUT2D eigenvalue weighted by Crippen LogP contribution is 2.14. The molecule has 1 atom stereocenters. The summed E-state index contributed by atoms with van der Waals surface area (Å²) in [5.74, 6) is 0.791. The molecule has 1 N–H and O–H groups in total. The molecule has 0 bridgehead atoms. The van der Waals surface area contributed by atoms with Gasteiger partial charge in [0.25, 0.3) is 0 Å². The Bertz CT molecular complexity index is 325. The van der Waals surface area contributed by atoms with Gasteiger partial charge in [0, 0.05) is 17.8 Å². The van der Waals surface area contributed by atoms with E-state index in [2.05, 4.69) is 28.8 Å². The lowest BCUT2D eigenvalue weighted by Gasteiger charge is -2.13. The Kier molecular flexibility index (Phi) is 3.89. The highest BCUT2D eigenvalue weighted by molar-refractivity contribution is 6.28. The van der Waals surface area contributed by atoms with Gasteiger partial charge in [-0.15, -0.1) is 6.58 Å². The standard InChI is InChI=1S/C10H14ClN3/c1-4-5-8(3)13-9-7(2)6-12-10(11)14-9/h4,6,8H,1,5H2,2-3H3,(H,12,13,14). The van der Waals surface area contributed by atoms with E-state index >= 15 is 0 Å². The monoisotopic (exact) mass is 211 g/mol. The van der Waals surface area contributed by atoms with Crippen LogP contribution in [0.15, 0.2) is 18.9 Å². The molecule has 0 aliphatic rings. The molecule has 0 saturated heterocycles. The van der Waals surface area contributed by atoms with Crippen molar-refractivity contribution in [2.75, 3.05) is 5.32 Å². The molecule has 0 aromatic carbocycles. The third kappa shape index (κ3) is 3.00. The topological polar surface area (TPSA) is 37.8 Å². The summed E-state index contributed by atoms with van der Waals surface area (Å²) in [5, 5.41) is 3.51. The van der Waals surface area contributed by atoms with Crippen molar-refractivity contribution in [2.45, 2.75) is 26.3 Å². The SMILES string of the molecule is C=CCC(C)Nc1nc(Cl)ncc1C. The van der Waals surface area contributed by atoms with Gasteiger partial charge in [-0.2, -0.15) is 0 Å². The molecule has 3 nitrogen and oxygen atoms in total. The molecular weight excluding hydrogens is 198 g/mol. The third-order valence-electron chi connectivity index (χ3n) is 1.85. The van der Waals surface area contributed by atoms with E-state index < -0.39 is 0 Å². The Morgan fingerprint density at radius 2 is 2.43 bits per heavy atom. The molecule has 0 radical (unpaired) electrons. The molecular formula is C10H14ClN3. The lowest BCUT2D eigenvalue weighted by molar-refractivity contribution is 0.804. The van der Waals surface area contributed by atoms with Crippen LogP contribution in [0.5, 0.6) is 0 Å². The summed E-state index contributed by atoms with van der Waals surface area (Å²) < 4.78 is 0.